The Bertz CT molecular complexity index is 670. The van der Waals surface area contributed by atoms with Crippen molar-refractivity contribution < 1.29 is 19.4 Å². The van der Waals surface area contributed by atoms with Gasteiger partial charge in [0.1, 0.15) is 11.0 Å². The quantitative estimate of drug-likeness (QED) is 0.835. The normalized spacial score (nSPS) is 39.9. The van der Waals surface area contributed by atoms with Gasteiger partial charge in [-0.2, -0.15) is 0 Å². The molecule has 5 heteroatoms. The lowest BCUT2D eigenvalue weighted by Crippen LogP contribution is -2.47. The molecule has 0 radical (unpaired) electrons. The number of ether oxygens (including phenoxy) is 1. The maximum Gasteiger partial charge on any atom is 0.313 e. The Morgan fingerprint density at radius 3 is 2.76 bits per heavy atom. The van der Waals surface area contributed by atoms with Gasteiger partial charge in [0.2, 0.25) is 5.91 Å². The van der Waals surface area contributed by atoms with Gasteiger partial charge in [-0.15, -0.1) is 0 Å². The number of anilines is 1. The zero-order valence-electron chi connectivity index (χ0n) is 11.5. The predicted octanol–water partition coefficient (Wildman–Crippen LogP) is 1.45. The molecule has 3 aliphatic heterocycles. The molecule has 108 valence electrons. The fraction of sp³-hybridized carbons (Fsp3) is 0.375. The molecule has 1 N–H and O–H groups in total. The molecule has 1 amide bonds. The van der Waals surface area contributed by atoms with Crippen LogP contribution in [0.5, 0.6) is 0 Å². The van der Waals surface area contributed by atoms with Crippen LogP contribution in [-0.2, 0) is 14.3 Å². The minimum Gasteiger partial charge on any atom is -0.481 e. The molecule has 0 saturated carbocycles. The first-order chi connectivity index (χ1) is 9.99. The van der Waals surface area contributed by atoms with Crippen LogP contribution >= 0.6 is 0 Å². The number of carboxylic acids is 1. The average Bonchev–Trinajstić information content (AvgIpc) is 3.09. The van der Waals surface area contributed by atoms with E-state index < -0.39 is 29.0 Å². The monoisotopic (exact) mass is 285 g/mol. The van der Waals surface area contributed by atoms with Crippen molar-refractivity contribution >= 4 is 17.6 Å². The van der Waals surface area contributed by atoms with Gasteiger partial charge in [0, 0.05) is 5.69 Å². The van der Waals surface area contributed by atoms with Crippen LogP contribution in [0.2, 0.25) is 0 Å². The Hall–Kier alpha value is -2.14. The van der Waals surface area contributed by atoms with E-state index >= 15 is 0 Å². The maximum absolute atomic E-state index is 12.8. The number of amides is 1. The molecule has 4 atom stereocenters. The van der Waals surface area contributed by atoms with Crippen molar-refractivity contribution in [3.63, 3.8) is 0 Å². The standard InChI is InChI=1S/C16H15NO4/c1-15(14(19)20)11-7-8-16(21-11)9-17(13(18)12(15)16)10-5-3-2-4-6-10/h2-8,11-12H,9H2,1H3,(H,19,20)/t11-,12+,15-,16-/m1/s1. The first-order valence-corrected chi connectivity index (χ1v) is 6.96. The summed E-state index contributed by atoms with van der Waals surface area (Å²) in [6.07, 6.45) is 3.13. The van der Waals surface area contributed by atoms with Crippen LogP contribution in [0.15, 0.2) is 42.5 Å². The summed E-state index contributed by atoms with van der Waals surface area (Å²) in [5, 5.41) is 9.63. The molecule has 0 unspecified atom stereocenters. The van der Waals surface area contributed by atoms with Crippen molar-refractivity contribution in [1.82, 2.24) is 0 Å². The van der Waals surface area contributed by atoms with Crippen LogP contribution in [0.3, 0.4) is 0 Å². The van der Waals surface area contributed by atoms with Crippen LogP contribution < -0.4 is 4.90 Å². The van der Waals surface area contributed by atoms with Crippen molar-refractivity contribution in [3.8, 4) is 0 Å². The highest BCUT2D eigenvalue weighted by Crippen LogP contribution is 2.58. The number of aliphatic carboxylic acids is 1. The molecular weight excluding hydrogens is 270 g/mol. The van der Waals surface area contributed by atoms with Crippen LogP contribution in [0.1, 0.15) is 6.92 Å². The summed E-state index contributed by atoms with van der Waals surface area (Å²) in [6.45, 7) is 1.98. The Morgan fingerprint density at radius 2 is 2.10 bits per heavy atom. The second kappa shape index (κ2) is 3.74. The Balaban J connectivity index is 1.81. The molecule has 1 aromatic carbocycles. The van der Waals surface area contributed by atoms with E-state index in [0.29, 0.717) is 6.54 Å². The van der Waals surface area contributed by atoms with E-state index in [9.17, 15) is 14.7 Å². The van der Waals surface area contributed by atoms with E-state index in [2.05, 4.69) is 0 Å². The van der Waals surface area contributed by atoms with Crippen LogP contribution in [0, 0.1) is 11.3 Å². The van der Waals surface area contributed by atoms with Gasteiger partial charge in [0.25, 0.3) is 0 Å². The first-order valence-electron chi connectivity index (χ1n) is 6.96. The number of para-hydroxylation sites is 1. The van der Waals surface area contributed by atoms with E-state index in [1.807, 2.05) is 36.4 Å². The number of hydrogen-bond acceptors (Lipinski definition) is 3. The number of nitrogens with zero attached hydrogens (tertiary/aromatic N) is 1. The SMILES string of the molecule is C[C@@]1(C(=O)O)[C@H]2C=C[C@]3(CN(c4ccccc4)C(=O)[C@@H]13)O2. The van der Waals surface area contributed by atoms with Crippen molar-refractivity contribution in [1.29, 1.82) is 0 Å². The lowest BCUT2D eigenvalue weighted by Gasteiger charge is -2.30. The van der Waals surface area contributed by atoms with Gasteiger partial charge < -0.3 is 14.7 Å². The number of carboxylic acid groups (broad SMARTS) is 1. The second-order valence-corrected chi connectivity index (χ2v) is 6.13. The number of fused-ring (bicyclic) bond motifs is 1. The van der Waals surface area contributed by atoms with E-state index in [4.69, 9.17) is 4.74 Å². The third kappa shape index (κ3) is 1.34. The van der Waals surface area contributed by atoms with E-state index in [1.165, 1.54) is 0 Å². The van der Waals surface area contributed by atoms with Gasteiger partial charge in [-0.1, -0.05) is 30.4 Å². The molecule has 1 aromatic rings. The van der Waals surface area contributed by atoms with E-state index in [-0.39, 0.29) is 5.91 Å². The van der Waals surface area contributed by atoms with Crippen molar-refractivity contribution in [3.05, 3.63) is 42.5 Å². The molecule has 3 heterocycles. The molecular formula is C16H15NO4. The maximum atomic E-state index is 12.8. The van der Waals surface area contributed by atoms with Gasteiger partial charge in [-0.25, -0.2) is 0 Å². The minimum absolute atomic E-state index is 0.169. The van der Waals surface area contributed by atoms with Gasteiger partial charge in [-0.3, -0.25) is 9.59 Å². The Kier molecular flexibility index (Phi) is 2.24. The van der Waals surface area contributed by atoms with Crippen molar-refractivity contribution in [2.24, 2.45) is 11.3 Å². The summed E-state index contributed by atoms with van der Waals surface area (Å²) >= 11 is 0. The zero-order chi connectivity index (χ0) is 14.8. The summed E-state index contributed by atoms with van der Waals surface area (Å²) in [5.74, 6) is -1.82. The highest BCUT2D eigenvalue weighted by Gasteiger charge is 2.73. The predicted molar refractivity (Wildman–Crippen MR) is 74.8 cm³/mol. The fourth-order valence-electron chi connectivity index (χ4n) is 3.92. The van der Waals surface area contributed by atoms with Crippen LogP contribution in [-0.4, -0.2) is 35.2 Å². The Labute approximate surface area is 121 Å². The lowest BCUT2D eigenvalue weighted by atomic mass is 9.66. The molecule has 0 aromatic heterocycles. The molecule has 2 saturated heterocycles. The third-order valence-electron chi connectivity index (χ3n) is 5.03. The molecule has 0 aliphatic carbocycles. The van der Waals surface area contributed by atoms with Crippen molar-refractivity contribution in [2.75, 3.05) is 11.4 Å². The van der Waals surface area contributed by atoms with Gasteiger partial charge in [0.05, 0.1) is 18.6 Å². The number of benzene rings is 1. The largest absolute Gasteiger partial charge is 0.481 e. The Morgan fingerprint density at radius 1 is 1.38 bits per heavy atom. The smallest absolute Gasteiger partial charge is 0.313 e. The molecule has 2 bridgehead atoms. The zero-order valence-corrected chi connectivity index (χ0v) is 11.5. The van der Waals surface area contributed by atoms with Crippen LogP contribution in [0.25, 0.3) is 0 Å². The highest BCUT2D eigenvalue weighted by molar-refractivity contribution is 6.03. The molecule has 1 spiro atoms. The van der Waals surface area contributed by atoms with E-state index in [1.54, 1.807) is 17.9 Å². The topological polar surface area (TPSA) is 66.8 Å². The second-order valence-electron chi connectivity index (χ2n) is 6.13. The van der Waals surface area contributed by atoms with Crippen molar-refractivity contribution in [2.45, 2.75) is 18.6 Å². The molecule has 2 fully saturated rings. The fourth-order valence-corrected chi connectivity index (χ4v) is 3.92. The number of rotatable bonds is 2. The summed E-state index contributed by atoms with van der Waals surface area (Å²) in [7, 11) is 0. The summed E-state index contributed by atoms with van der Waals surface area (Å²) in [4.78, 5) is 26.2. The highest BCUT2D eigenvalue weighted by atomic mass is 16.5. The third-order valence-corrected chi connectivity index (χ3v) is 5.03. The number of hydrogen-bond donors (Lipinski definition) is 1. The van der Waals surface area contributed by atoms with Gasteiger partial charge >= 0.3 is 5.97 Å². The molecule has 4 rings (SSSR count). The lowest BCUT2D eigenvalue weighted by molar-refractivity contribution is -0.154. The average molecular weight is 285 g/mol. The number of carbonyl (C=O) groups excluding carboxylic acids is 1. The van der Waals surface area contributed by atoms with E-state index in [0.717, 1.165) is 5.69 Å². The van der Waals surface area contributed by atoms with Gasteiger partial charge in [-0.05, 0) is 19.1 Å². The molecule has 21 heavy (non-hydrogen) atoms. The first kappa shape index (κ1) is 12.6. The summed E-state index contributed by atoms with van der Waals surface area (Å²) in [6, 6.07) is 9.30. The molecule has 5 nitrogen and oxygen atoms in total. The summed E-state index contributed by atoms with van der Waals surface area (Å²) in [5.41, 5.74) is -1.22. The minimum atomic E-state index is -1.20. The van der Waals surface area contributed by atoms with Crippen LogP contribution in [0.4, 0.5) is 5.69 Å². The molecule has 3 aliphatic rings. The van der Waals surface area contributed by atoms with Gasteiger partial charge in [0.15, 0.2) is 0 Å². The number of carbonyl (C=O) groups is 2. The summed E-state index contributed by atoms with van der Waals surface area (Å²) < 4.78 is 5.93.